The van der Waals surface area contributed by atoms with E-state index >= 15 is 0 Å². The fraction of sp³-hybridized carbons (Fsp3) is 0.452. The molecule has 0 aromatic heterocycles. The lowest BCUT2D eigenvalue weighted by atomic mass is 9.70. The first kappa shape index (κ1) is 21.9. The molecule has 1 heterocycles. The van der Waals surface area contributed by atoms with Crippen LogP contribution in [0.15, 0.2) is 60.7 Å². The van der Waals surface area contributed by atoms with Crippen LogP contribution in [-0.2, 0) is 12.8 Å². The largest absolute Gasteiger partial charge is 0.370 e. The van der Waals surface area contributed by atoms with Gasteiger partial charge in [-0.1, -0.05) is 73.9 Å². The Balaban J connectivity index is 1.20. The van der Waals surface area contributed by atoms with Crippen LogP contribution >= 0.6 is 0 Å². The highest BCUT2D eigenvalue weighted by molar-refractivity contribution is 6.17. The number of anilines is 1. The molecule has 0 atom stereocenters. The Morgan fingerprint density at radius 1 is 0.765 bits per heavy atom. The molecule has 0 unspecified atom stereocenters. The van der Waals surface area contributed by atoms with Crippen molar-refractivity contribution in [1.82, 2.24) is 4.90 Å². The van der Waals surface area contributed by atoms with Crippen molar-refractivity contribution in [3.63, 3.8) is 0 Å². The molecule has 0 bridgehead atoms. The Hall–Kier alpha value is -2.65. The van der Waals surface area contributed by atoms with Gasteiger partial charge in [0.15, 0.2) is 5.78 Å². The zero-order valence-electron chi connectivity index (χ0n) is 20.3. The van der Waals surface area contributed by atoms with Gasteiger partial charge in [0.25, 0.3) is 0 Å². The average molecular weight is 453 g/mol. The number of hydrogen-bond acceptors (Lipinski definition) is 3. The van der Waals surface area contributed by atoms with Gasteiger partial charge >= 0.3 is 0 Å². The SMILES string of the molecule is O=C1Cc2ccc(N3CCCN(CC4(Cc5ccccc5)CCCCC4)CC3)c3cccc1c23. The molecular weight excluding hydrogens is 416 g/mol. The van der Waals surface area contributed by atoms with Crippen molar-refractivity contribution in [1.29, 1.82) is 0 Å². The van der Waals surface area contributed by atoms with Crippen LogP contribution in [0.1, 0.15) is 60.0 Å². The summed E-state index contributed by atoms with van der Waals surface area (Å²) in [4.78, 5) is 17.8. The third-order valence-corrected chi connectivity index (χ3v) is 8.58. The van der Waals surface area contributed by atoms with Gasteiger partial charge in [-0.25, -0.2) is 0 Å². The number of Topliss-reactive ketones (excluding diaryl/α,β-unsaturated/α-hetero) is 1. The molecule has 3 heteroatoms. The lowest BCUT2D eigenvalue weighted by molar-refractivity contribution is 0.1000. The van der Waals surface area contributed by atoms with E-state index in [-0.39, 0.29) is 5.78 Å². The van der Waals surface area contributed by atoms with Gasteiger partial charge in [-0.15, -0.1) is 0 Å². The van der Waals surface area contributed by atoms with E-state index in [4.69, 9.17) is 0 Å². The molecule has 1 aliphatic heterocycles. The third-order valence-electron chi connectivity index (χ3n) is 8.58. The van der Waals surface area contributed by atoms with Crippen LogP contribution in [-0.4, -0.2) is 43.4 Å². The molecule has 2 fully saturated rings. The molecule has 1 saturated heterocycles. The van der Waals surface area contributed by atoms with Crippen LogP contribution in [0.25, 0.3) is 10.8 Å². The molecule has 6 rings (SSSR count). The molecule has 0 amide bonds. The second-order valence-electron chi connectivity index (χ2n) is 10.9. The van der Waals surface area contributed by atoms with E-state index in [1.807, 2.05) is 6.07 Å². The minimum absolute atomic E-state index is 0.274. The van der Waals surface area contributed by atoms with E-state index < -0.39 is 0 Å². The first-order chi connectivity index (χ1) is 16.7. The normalized spacial score (nSPS) is 20.6. The summed E-state index contributed by atoms with van der Waals surface area (Å²) < 4.78 is 0. The predicted octanol–water partition coefficient (Wildman–Crippen LogP) is 6.28. The Labute approximate surface area is 203 Å². The highest BCUT2D eigenvalue weighted by Crippen LogP contribution is 2.41. The van der Waals surface area contributed by atoms with E-state index in [1.165, 1.54) is 85.6 Å². The van der Waals surface area contributed by atoms with Crippen molar-refractivity contribution in [2.45, 2.75) is 51.4 Å². The van der Waals surface area contributed by atoms with Crippen LogP contribution in [0.5, 0.6) is 0 Å². The zero-order chi connectivity index (χ0) is 23.0. The van der Waals surface area contributed by atoms with Gasteiger partial charge in [0, 0.05) is 49.2 Å². The lowest BCUT2D eigenvalue weighted by Gasteiger charge is -2.41. The number of hydrogen-bond donors (Lipinski definition) is 0. The van der Waals surface area contributed by atoms with Crippen molar-refractivity contribution < 1.29 is 4.79 Å². The van der Waals surface area contributed by atoms with Crippen LogP contribution in [0, 0.1) is 5.41 Å². The van der Waals surface area contributed by atoms with Crippen LogP contribution < -0.4 is 4.90 Å². The highest BCUT2D eigenvalue weighted by Gasteiger charge is 2.34. The summed E-state index contributed by atoms with van der Waals surface area (Å²) in [5, 5.41) is 2.47. The van der Waals surface area contributed by atoms with Crippen molar-refractivity contribution in [2.24, 2.45) is 5.41 Å². The molecule has 3 aromatic rings. The zero-order valence-corrected chi connectivity index (χ0v) is 20.3. The average Bonchev–Trinajstić information content (AvgIpc) is 3.03. The molecule has 34 heavy (non-hydrogen) atoms. The molecule has 0 spiro atoms. The molecular formula is C31H36N2O. The maximum atomic E-state index is 12.5. The Kier molecular flexibility index (Phi) is 5.90. The van der Waals surface area contributed by atoms with Gasteiger partial charge in [-0.2, -0.15) is 0 Å². The molecule has 0 N–H and O–H groups in total. The van der Waals surface area contributed by atoms with E-state index in [2.05, 4.69) is 64.4 Å². The first-order valence-corrected chi connectivity index (χ1v) is 13.3. The van der Waals surface area contributed by atoms with E-state index in [9.17, 15) is 4.79 Å². The summed E-state index contributed by atoms with van der Waals surface area (Å²) in [5.41, 5.74) is 5.37. The molecule has 3 aromatic carbocycles. The smallest absolute Gasteiger partial charge is 0.167 e. The summed E-state index contributed by atoms with van der Waals surface area (Å²) in [6.07, 6.45) is 9.87. The van der Waals surface area contributed by atoms with Gasteiger partial charge in [-0.05, 0) is 60.2 Å². The molecule has 3 aliphatic rings. The van der Waals surface area contributed by atoms with Crippen LogP contribution in [0.3, 0.4) is 0 Å². The van der Waals surface area contributed by atoms with Crippen molar-refractivity contribution in [3.05, 3.63) is 77.4 Å². The van der Waals surface area contributed by atoms with Gasteiger partial charge < -0.3 is 9.80 Å². The van der Waals surface area contributed by atoms with Crippen molar-refractivity contribution in [2.75, 3.05) is 37.6 Å². The predicted molar refractivity (Wildman–Crippen MR) is 141 cm³/mol. The summed E-state index contributed by atoms with van der Waals surface area (Å²) in [5.74, 6) is 0.274. The van der Waals surface area contributed by atoms with E-state index in [1.54, 1.807) is 0 Å². The maximum Gasteiger partial charge on any atom is 0.167 e. The molecule has 2 aliphatic carbocycles. The summed E-state index contributed by atoms with van der Waals surface area (Å²) in [6, 6.07) is 21.9. The first-order valence-electron chi connectivity index (χ1n) is 13.3. The van der Waals surface area contributed by atoms with Crippen molar-refractivity contribution in [3.8, 4) is 0 Å². The monoisotopic (exact) mass is 452 g/mol. The Morgan fingerprint density at radius 2 is 1.62 bits per heavy atom. The quantitative estimate of drug-likeness (QED) is 0.455. The second-order valence-corrected chi connectivity index (χ2v) is 10.9. The van der Waals surface area contributed by atoms with Crippen molar-refractivity contribution >= 4 is 22.2 Å². The number of nitrogens with zero attached hydrogens (tertiary/aromatic N) is 2. The fourth-order valence-electron chi connectivity index (χ4n) is 6.95. The van der Waals surface area contributed by atoms with E-state index in [0.717, 1.165) is 25.2 Å². The number of ketones is 1. The van der Waals surface area contributed by atoms with Crippen LogP contribution in [0.2, 0.25) is 0 Å². The standard InChI is InChI=1S/C31H36N2O/c34-29-21-25-13-14-28(26-11-7-12-27(29)30(25)26)33-18-8-17-32(19-20-33)23-31(15-5-2-6-16-31)22-24-9-3-1-4-10-24/h1,3-4,7,9-14H,2,5-6,8,15-23H2. The minimum Gasteiger partial charge on any atom is -0.370 e. The minimum atomic E-state index is 0.274. The van der Waals surface area contributed by atoms with Gasteiger partial charge in [-0.3, -0.25) is 4.79 Å². The van der Waals surface area contributed by atoms with Crippen LogP contribution in [0.4, 0.5) is 5.69 Å². The Morgan fingerprint density at radius 3 is 2.47 bits per heavy atom. The number of benzene rings is 3. The fourth-order valence-corrected chi connectivity index (χ4v) is 6.95. The molecule has 0 radical (unpaired) electrons. The van der Waals surface area contributed by atoms with Gasteiger partial charge in [0.05, 0.1) is 0 Å². The van der Waals surface area contributed by atoms with E-state index in [0.29, 0.717) is 11.8 Å². The lowest BCUT2D eigenvalue weighted by Crippen LogP contribution is -2.42. The molecule has 3 nitrogen and oxygen atoms in total. The number of carbonyl (C=O) groups is 1. The summed E-state index contributed by atoms with van der Waals surface area (Å²) in [6.45, 7) is 5.70. The number of rotatable bonds is 5. The van der Waals surface area contributed by atoms with Gasteiger partial charge in [0.2, 0.25) is 0 Å². The molecule has 1 saturated carbocycles. The topological polar surface area (TPSA) is 23.6 Å². The molecule has 176 valence electrons. The second kappa shape index (κ2) is 9.19. The number of carbonyl (C=O) groups excluding carboxylic acids is 1. The third kappa shape index (κ3) is 4.15. The Bertz CT molecular complexity index is 1180. The highest BCUT2D eigenvalue weighted by atomic mass is 16.1. The summed E-state index contributed by atoms with van der Waals surface area (Å²) in [7, 11) is 0. The van der Waals surface area contributed by atoms with Gasteiger partial charge in [0.1, 0.15) is 0 Å². The summed E-state index contributed by atoms with van der Waals surface area (Å²) >= 11 is 0. The maximum absolute atomic E-state index is 12.5.